The highest BCUT2D eigenvalue weighted by molar-refractivity contribution is 5.48. The summed E-state index contributed by atoms with van der Waals surface area (Å²) in [7, 11) is 3.14. The molecule has 1 aromatic carbocycles. The normalized spacial score (nSPS) is 9.27. The Morgan fingerprint density at radius 1 is 1.27 bits per heavy atom. The van der Waals surface area contributed by atoms with Gasteiger partial charge in [-0.15, -0.1) is 0 Å². The Bertz CT molecular complexity index is 370. The van der Waals surface area contributed by atoms with Crippen molar-refractivity contribution in [2.45, 2.75) is 13.5 Å². The largest absolute Gasteiger partial charge is 0.496 e. The van der Waals surface area contributed by atoms with Crippen molar-refractivity contribution in [2.75, 3.05) is 14.2 Å². The van der Waals surface area contributed by atoms with Gasteiger partial charge >= 0.3 is 0 Å². The molecule has 0 amide bonds. The van der Waals surface area contributed by atoms with E-state index in [1.54, 1.807) is 14.2 Å². The molecule has 0 unspecified atom stereocenters. The summed E-state index contributed by atoms with van der Waals surface area (Å²) in [6.07, 6.45) is 1.50. The molecule has 4 nitrogen and oxygen atoms in total. The maximum atomic E-state index is 10.1. The van der Waals surface area contributed by atoms with E-state index in [0.29, 0.717) is 11.5 Å². The van der Waals surface area contributed by atoms with Crippen LogP contribution in [0.15, 0.2) is 17.1 Å². The molecular weight excluding hydrogens is 194 g/mol. The molecule has 80 valence electrons. The fourth-order valence-corrected chi connectivity index (χ4v) is 1.38. The van der Waals surface area contributed by atoms with E-state index in [2.05, 4.69) is 4.99 Å². The van der Waals surface area contributed by atoms with Crippen LogP contribution in [-0.2, 0) is 11.3 Å². The van der Waals surface area contributed by atoms with Crippen molar-refractivity contribution in [1.29, 1.82) is 0 Å². The van der Waals surface area contributed by atoms with Gasteiger partial charge in [-0.1, -0.05) is 0 Å². The van der Waals surface area contributed by atoms with Gasteiger partial charge in [-0.3, -0.25) is 0 Å². The fraction of sp³-hybridized carbons (Fsp3) is 0.364. The summed E-state index contributed by atoms with van der Waals surface area (Å²) >= 11 is 0. The number of hydrogen-bond acceptors (Lipinski definition) is 4. The molecule has 0 aliphatic carbocycles. The van der Waals surface area contributed by atoms with E-state index in [4.69, 9.17) is 9.47 Å². The summed E-state index contributed by atoms with van der Waals surface area (Å²) in [6, 6.07) is 3.75. The molecule has 0 aliphatic rings. The van der Waals surface area contributed by atoms with Crippen LogP contribution in [0.4, 0.5) is 0 Å². The number of nitrogens with zero attached hydrogens (tertiary/aromatic N) is 1. The summed E-state index contributed by atoms with van der Waals surface area (Å²) in [4.78, 5) is 13.6. The Morgan fingerprint density at radius 3 is 2.20 bits per heavy atom. The van der Waals surface area contributed by atoms with Crippen LogP contribution in [0.25, 0.3) is 0 Å². The van der Waals surface area contributed by atoms with Crippen molar-refractivity contribution in [3.05, 3.63) is 23.3 Å². The predicted molar refractivity (Wildman–Crippen MR) is 56.1 cm³/mol. The van der Waals surface area contributed by atoms with E-state index in [1.165, 1.54) is 6.08 Å². The molecule has 0 aromatic heterocycles. The number of aryl methyl sites for hydroxylation is 1. The van der Waals surface area contributed by atoms with Gasteiger partial charge in [-0.05, 0) is 24.6 Å². The second-order valence-electron chi connectivity index (χ2n) is 3.06. The molecule has 4 heteroatoms. The molecule has 0 spiro atoms. The molecule has 0 heterocycles. The number of isocyanates is 1. The van der Waals surface area contributed by atoms with Crippen LogP contribution in [0.2, 0.25) is 0 Å². The van der Waals surface area contributed by atoms with E-state index in [1.807, 2.05) is 19.1 Å². The summed E-state index contributed by atoms with van der Waals surface area (Å²) in [5, 5.41) is 0. The summed E-state index contributed by atoms with van der Waals surface area (Å²) in [5.74, 6) is 1.34. The number of ether oxygens (including phenoxy) is 2. The molecule has 0 saturated heterocycles. The Labute approximate surface area is 88.5 Å². The molecular formula is C11H13NO3. The lowest BCUT2D eigenvalue weighted by Crippen LogP contribution is -1.97. The van der Waals surface area contributed by atoms with Crippen LogP contribution in [0, 0.1) is 6.92 Å². The highest BCUT2D eigenvalue weighted by Crippen LogP contribution is 2.30. The monoisotopic (exact) mass is 207 g/mol. The molecule has 0 aliphatic heterocycles. The highest BCUT2D eigenvalue weighted by atomic mass is 16.5. The van der Waals surface area contributed by atoms with Crippen LogP contribution in [0.1, 0.15) is 11.1 Å². The van der Waals surface area contributed by atoms with Crippen LogP contribution < -0.4 is 9.47 Å². The first kappa shape index (κ1) is 11.3. The second-order valence-corrected chi connectivity index (χ2v) is 3.06. The Balaban J connectivity index is 3.23. The number of rotatable bonds is 4. The molecule has 15 heavy (non-hydrogen) atoms. The SMILES string of the molecule is COc1cc(C)cc(OC)c1CN=C=O. The zero-order valence-corrected chi connectivity index (χ0v) is 9.03. The first-order valence-corrected chi connectivity index (χ1v) is 4.48. The topological polar surface area (TPSA) is 47.9 Å². The zero-order valence-electron chi connectivity index (χ0n) is 9.03. The summed E-state index contributed by atoms with van der Waals surface area (Å²) in [5.41, 5.74) is 1.79. The minimum Gasteiger partial charge on any atom is -0.496 e. The van der Waals surface area contributed by atoms with E-state index in [0.717, 1.165) is 11.1 Å². The van der Waals surface area contributed by atoms with Crippen LogP contribution in [-0.4, -0.2) is 20.3 Å². The third kappa shape index (κ3) is 2.58. The van der Waals surface area contributed by atoms with Crippen LogP contribution >= 0.6 is 0 Å². The minimum atomic E-state index is 0.218. The average Bonchev–Trinajstić information content (AvgIpc) is 2.26. The highest BCUT2D eigenvalue weighted by Gasteiger charge is 2.10. The van der Waals surface area contributed by atoms with Crippen molar-refractivity contribution >= 4 is 6.08 Å². The Morgan fingerprint density at radius 2 is 1.80 bits per heavy atom. The molecule has 1 aromatic rings. The van der Waals surface area contributed by atoms with E-state index in [9.17, 15) is 4.79 Å². The number of benzene rings is 1. The molecule has 0 atom stereocenters. The standard InChI is InChI=1S/C11H13NO3/c1-8-4-10(14-2)9(6-12-7-13)11(5-8)15-3/h4-5H,6H2,1-3H3. The van der Waals surface area contributed by atoms with E-state index in [-0.39, 0.29) is 6.54 Å². The number of aliphatic imine (C=N–C) groups is 1. The summed E-state index contributed by atoms with van der Waals surface area (Å²) in [6.45, 7) is 2.16. The predicted octanol–water partition coefficient (Wildman–Crippen LogP) is 1.85. The van der Waals surface area contributed by atoms with Gasteiger partial charge in [0, 0.05) is 0 Å². The van der Waals surface area contributed by atoms with Gasteiger partial charge in [0.05, 0.1) is 26.3 Å². The smallest absolute Gasteiger partial charge is 0.235 e. The van der Waals surface area contributed by atoms with Gasteiger partial charge in [0.15, 0.2) is 0 Å². The lowest BCUT2D eigenvalue weighted by molar-refractivity contribution is 0.385. The van der Waals surface area contributed by atoms with Crippen molar-refractivity contribution < 1.29 is 14.3 Å². The molecule has 0 fully saturated rings. The lowest BCUT2D eigenvalue weighted by atomic mass is 10.1. The lowest BCUT2D eigenvalue weighted by Gasteiger charge is -2.12. The molecule has 0 radical (unpaired) electrons. The maximum Gasteiger partial charge on any atom is 0.235 e. The maximum absolute atomic E-state index is 10.1. The van der Waals surface area contributed by atoms with Crippen molar-refractivity contribution in [3.63, 3.8) is 0 Å². The fourth-order valence-electron chi connectivity index (χ4n) is 1.38. The van der Waals surface area contributed by atoms with E-state index < -0.39 is 0 Å². The summed E-state index contributed by atoms with van der Waals surface area (Å²) < 4.78 is 10.4. The molecule has 0 N–H and O–H groups in total. The number of hydrogen-bond donors (Lipinski definition) is 0. The Kier molecular flexibility index (Phi) is 3.89. The minimum absolute atomic E-state index is 0.218. The number of carbonyl (C=O) groups excluding carboxylic acids is 1. The van der Waals surface area contributed by atoms with Crippen LogP contribution in [0.5, 0.6) is 11.5 Å². The average molecular weight is 207 g/mol. The molecule has 1 rings (SSSR count). The van der Waals surface area contributed by atoms with E-state index >= 15 is 0 Å². The first-order valence-electron chi connectivity index (χ1n) is 4.48. The molecule has 0 saturated carbocycles. The third-order valence-corrected chi connectivity index (χ3v) is 2.05. The van der Waals surface area contributed by atoms with Gasteiger partial charge in [0.25, 0.3) is 0 Å². The van der Waals surface area contributed by atoms with Crippen molar-refractivity contribution in [3.8, 4) is 11.5 Å². The molecule has 0 bridgehead atoms. The van der Waals surface area contributed by atoms with Gasteiger partial charge in [-0.25, -0.2) is 9.79 Å². The van der Waals surface area contributed by atoms with Crippen LogP contribution in [0.3, 0.4) is 0 Å². The van der Waals surface area contributed by atoms with Crippen molar-refractivity contribution in [2.24, 2.45) is 4.99 Å². The van der Waals surface area contributed by atoms with Gasteiger partial charge in [-0.2, -0.15) is 0 Å². The van der Waals surface area contributed by atoms with Gasteiger partial charge in [0.2, 0.25) is 6.08 Å². The van der Waals surface area contributed by atoms with Gasteiger partial charge < -0.3 is 9.47 Å². The third-order valence-electron chi connectivity index (χ3n) is 2.05. The van der Waals surface area contributed by atoms with Gasteiger partial charge in [0.1, 0.15) is 11.5 Å². The quantitative estimate of drug-likeness (QED) is 0.559. The van der Waals surface area contributed by atoms with Crippen molar-refractivity contribution in [1.82, 2.24) is 0 Å². The number of methoxy groups -OCH3 is 2. The Hall–Kier alpha value is -1.80. The zero-order chi connectivity index (χ0) is 11.3. The first-order chi connectivity index (χ1) is 7.22. The second kappa shape index (κ2) is 5.17.